The van der Waals surface area contributed by atoms with E-state index in [1.54, 1.807) is 0 Å². The molecule has 0 spiro atoms. The van der Waals surface area contributed by atoms with Gasteiger partial charge in [-0.1, -0.05) is 18.7 Å². The van der Waals surface area contributed by atoms with Gasteiger partial charge in [-0.15, -0.1) is 0 Å². The number of allylic oxidation sites excluding steroid dienone is 3. The Labute approximate surface area is 164 Å². The molecule has 0 saturated carbocycles. The molecule has 1 N–H and O–H groups in total. The number of piperazine rings is 1. The highest BCUT2D eigenvalue weighted by Gasteiger charge is 2.20. The highest BCUT2D eigenvalue weighted by Crippen LogP contribution is 2.34. The van der Waals surface area contributed by atoms with Crippen molar-refractivity contribution in [1.82, 2.24) is 24.6 Å². The number of fused-ring (bicyclic) bond motifs is 2. The predicted molar refractivity (Wildman–Crippen MR) is 113 cm³/mol. The third kappa shape index (κ3) is 2.84. The minimum absolute atomic E-state index is 0.869. The molecular formula is C23H23N5. The van der Waals surface area contributed by atoms with Crippen molar-refractivity contribution < 1.29 is 0 Å². The molecule has 3 aromatic rings. The van der Waals surface area contributed by atoms with Crippen LogP contribution in [0.2, 0.25) is 0 Å². The van der Waals surface area contributed by atoms with Crippen LogP contribution in [-0.4, -0.2) is 46.0 Å². The number of nitrogens with zero attached hydrogens (tertiary/aromatic N) is 4. The molecule has 0 atom stereocenters. The highest BCUT2D eigenvalue weighted by atomic mass is 15.2. The number of nitrogens with one attached hydrogen (secondary N) is 1. The topological polar surface area (TPSA) is 45.5 Å². The number of hydrogen-bond donors (Lipinski definition) is 1. The first-order chi connectivity index (χ1) is 13.7. The fourth-order valence-corrected chi connectivity index (χ4v) is 4.10. The lowest BCUT2D eigenvalue weighted by molar-refractivity contribution is 0.324. The van der Waals surface area contributed by atoms with Crippen molar-refractivity contribution in [2.24, 2.45) is 0 Å². The van der Waals surface area contributed by atoms with Crippen molar-refractivity contribution in [1.29, 1.82) is 0 Å². The lowest BCUT2D eigenvalue weighted by Crippen LogP contribution is -2.40. The van der Waals surface area contributed by atoms with Crippen LogP contribution in [0.3, 0.4) is 0 Å². The molecule has 0 aromatic carbocycles. The smallest absolute Gasteiger partial charge is 0.136 e. The van der Waals surface area contributed by atoms with E-state index in [1.807, 2.05) is 24.7 Å². The molecule has 140 valence electrons. The maximum Gasteiger partial charge on any atom is 0.136 e. The van der Waals surface area contributed by atoms with Gasteiger partial charge in [0.15, 0.2) is 0 Å². The van der Waals surface area contributed by atoms with Gasteiger partial charge in [-0.25, -0.2) is 4.98 Å². The van der Waals surface area contributed by atoms with Gasteiger partial charge in [0.2, 0.25) is 0 Å². The zero-order chi connectivity index (χ0) is 19.1. The predicted octanol–water partition coefficient (Wildman–Crippen LogP) is 3.15. The summed E-state index contributed by atoms with van der Waals surface area (Å²) in [6.45, 7) is 6.98. The second kappa shape index (κ2) is 6.77. The zero-order valence-electron chi connectivity index (χ0n) is 16.0. The molecule has 4 heterocycles. The molecule has 0 unspecified atom stereocenters. The first-order valence-corrected chi connectivity index (χ1v) is 9.64. The Morgan fingerprint density at radius 2 is 2.21 bits per heavy atom. The zero-order valence-corrected chi connectivity index (χ0v) is 16.0. The van der Waals surface area contributed by atoms with Crippen molar-refractivity contribution in [3.05, 3.63) is 89.8 Å². The molecule has 1 aliphatic heterocycles. The average Bonchev–Trinajstić information content (AvgIpc) is 3.34. The molecule has 2 aliphatic rings. The Kier molecular flexibility index (Phi) is 4.10. The summed E-state index contributed by atoms with van der Waals surface area (Å²) in [6, 6.07) is 6.46. The molecule has 5 heteroatoms. The first kappa shape index (κ1) is 17.0. The maximum absolute atomic E-state index is 4.78. The van der Waals surface area contributed by atoms with Crippen molar-refractivity contribution in [2.75, 3.05) is 26.7 Å². The quantitative estimate of drug-likeness (QED) is 0.770. The summed E-state index contributed by atoms with van der Waals surface area (Å²) in [5, 5.41) is 3.54. The highest BCUT2D eigenvalue weighted by molar-refractivity contribution is 5.86. The molecule has 1 aliphatic carbocycles. The Hall–Kier alpha value is -3.18. The fourth-order valence-electron chi connectivity index (χ4n) is 4.10. The van der Waals surface area contributed by atoms with Crippen LogP contribution in [0, 0.1) is 0 Å². The number of likely N-dealkylation sites (N-methyl/N-ethyl adjacent to an activating group) is 1. The van der Waals surface area contributed by atoms with E-state index in [4.69, 9.17) is 4.98 Å². The Bertz CT molecular complexity index is 1130. The molecule has 5 rings (SSSR count). The lowest BCUT2D eigenvalue weighted by Gasteiger charge is -2.28. The van der Waals surface area contributed by atoms with E-state index in [2.05, 4.69) is 63.7 Å². The van der Waals surface area contributed by atoms with Crippen molar-refractivity contribution >= 4 is 16.8 Å². The summed E-state index contributed by atoms with van der Waals surface area (Å²) in [6.07, 6.45) is 13.0. The standard InChI is InChI=1S/C23H23N5/c1-3-18(22-15-27(2)10-8-24-22)17-12-20-19(5-6-21(20)26-13-17)16-4-7-23-25-9-11-28(23)14-16/h3-5,7,9,11-14,24H,1,6,8,10,15H2,2H3/b22-18+. The van der Waals surface area contributed by atoms with Crippen LogP contribution in [0.1, 0.15) is 22.4 Å². The van der Waals surface area contributed by atoms with Crippen LogP contribution in [0.5, 0.6) is 0 Å². The Balaban J connectivity index is 1.56. The number of imidazole rings is 1. The summed E-state index contributed by atoms with van der Waals surface area (Å²) in [7, 11) is 2.15. The SMILES string of the molecule is C=C/C(=C1/CN(C)CCN1)c1cnc2c(c1)C(c1ccc3nccn3c1)=CC2. The van der Waals surface area contributed by atoms with Crippen LogP contribution in [0.4, 0.5) is 0 Å². The summed E-state index contributed by atoms with van der Waals surface area (Å²) >= 11 is 0. The van der Waals surface area contributed by atoms with E-state index in [0.717, 1.165) is 48.5 Å². The average molecular weight is 369 g/mol. The fraction of sp³-hybridized carbons (Fsp3) is 0.217. The second-order valence-electron chi connectivity index (χ2n) is 7.41. The van der Waals surface area contributed by atoms with Crippen molar-refractivity contribution in [3.8, 4) is 0 Å². The van der Waals surface area contributed by atoms with Gasteiger partial charge in [0, 0.05) is 73.2 Å². The minimum Gasteiger partial charge on any atom is -0.386 e. The van der Waals surface area contributed by atoms with Crippen LogP contribution < -0.4 is 5.32 Å². The van der Waals surface area contributed by atoms with Gasteiger partial charge in [-0.3, -0.25) is 9.88 Å². The van der Waals surface area contributed by atoms with Crippen LogP contribution in [0.25, 0.3) is 16.8 Å². The van der Waals surface area contributed by atoms with Gasteiger partial charge >= 0.3 is 0 Å². The molecular weight excluding hydrogens is 346 g/mol. The molecule has 5 nitrogen and oxygen atoms in total. The molecule has 0 amide bonds. The summed E-state index contributed by atoms with van der Waals surface area (Å²) in [4.78, 5) is 11.4. The number of hydrogen-bond acceptors (Lipinski definition) is 4. The molecule has 28 heavy (non-hydrogen) atoms. The Morgan fingerprint density at radius 1 is 1.29 bits per heavy atom. The monoisotopic (exact) mass is 369 g/mol. The number of rotatable bonds is 3. The number of aromatic nitrogens is 3. The third-order valence-corrected chi connectivity index (χ3v) is 5.56. The van der Waals surface area contributed by atoms with E-state index < -0.39 is 0 Å². The summed E-state index contributed by atoms with van der Waals surface area (Å²) in [5.41, 5.74) is 9.19. The van der Waals surface area contributed by atoms with Gasteiger partial charge in [0.25, 0.3) is 0 Å². The largest absolute Gasteiger partial charge is 0.386 e. The molecule has 0 bridgehead atoms. The van der Waals surface area contributed by atoms with Crippen LogP contribution >= 0.6 is 0 Å². The Morgan fingerprint density at radius 3 is 3.07 bits per heavy atom. The van der Waals surface area contributed by atoms with Crippen molar-refractivity contribution in [3.63, 3.8) is 0 Å². The maximum atomic E-state index is 4.78. The van der Waals surface area contributed by atoms with E-state index >= 15 is 0 Å². The molecule has 1 fully saturated rings. The first-order valence-electron chi connectivity index (χ1n) is 9.64. The molecule has 3 aromatic heterocycles. The van der Waals surface area contributed by atoms with Gasteiger partial charge < -0.3 is 9.72 Å². The lowest BCUT2D eigenvalue weighted by atomic mass is 9.97. The summed E-state index contributed by atoms with van der Waals surface area (Å²) < 4.78 is 2.06. The second-order valence-corrected chi connectivity index (χ2v) is 7.41. The van der Waals surface area contributed by atoms with Gasteiger partial charge in [-0.05, 0) is 36.4 Å². The minimum atomic E-state index is 0.869. The van der Waals surface area contributed by atoms with E-state index in [9.17, 15) is 0 Å². The summed E-state index contributed by atoms with van der Waals surface area (Å²) in [5.74, 6) is 0. The van der Waals surface area contributed by atoms with Gasteiger partial charge in [-0.2, -0.15) is 0 Å². The van der Waals surface area contributed by atoms with Gasteiger partial charge in [0.1, 0.15) is 5.65 Å². The normalized spacial score (nSPS) is 18.5. The van der Waals surface area contributed by atoms with Gasteiger partial charge in [0.05, 0.1) is 5.69 Å². The molecule has 1 saturated heterocycles. The molecule has 0 radical (unpaired) electrons. The van der Waals surface area contributed by atoms with E-state index in [-0.39, 0.29) is 0 Å². The van der Waals surface area contributed by atoms with E-state index in [0.29, 0.717) is 0 Å². The van der Waals surface area contributed by atoms with Crippen molar-refractivity contribution in [2.45, 2.75) is 6.42 Å². The van der Waals surface area contributed by atoms with Crippen LogP contribution in [-0.2, 0) is 6.42 Å². The van der Waals surface area contributed by atoms with Crippen LogP contribution in [0.15, 0.2) is 67.4 Å². The van der Waals surface area contributed by atoms with E-state index in [1.165, 1.54) is 22.4 Å². The number of pyridine rings is 2. The third-order valence-electron chi connectivity index (χ3n) is 5.56.